The van der Waals surface area contributed by atoms with E-state index in [1.807, 2.05) is 78.3 Å². The van der Waals surface area contributed by atoms with Crippen LogP contribution in [0.25, 0.3) is 22.3 Å². The minimum Gasteiger partial charge on any atom is -0.457 e. The molecule has 2 aromatic heterocycles. The van der Waals surface area contributed by atoms with Gasteiger partial charge >= 0.3 is 0 Å². The first-order valence-electron chi connectivity index (χ1n) is 14.1. The molecule has 210 valence electrons. The lowest BCUT2D eigenvalue weighted by Gasteiger charge is -2.32. The van der Waals surface area contributed by atoms with Crippen LogP contribution in [0.4, 0.5) is 5.82 Å². The average molecular weight is 542 g/mol. The zero-order valence-corrected chi connectivity index (χ0v) is 23.7. The minimum absolute atomic E-state index is 0.112. The van der Waals surface area contributed by atoms with E-state index in [0.717, 1.165) is 65.9 Å². The number of carbonyl (C=O) groups is 1. The van der Waals surface area contributed by atoms with Crippen molar-refractivity contribution in [1.82, 2.24) is 30.0 Å². The maximum atomic E-state index is 13.0. The molecule has 0 aliphatic heterocycles. The van der Waals surface area contributed by atoms with Crippen LogP contribution in [0, 0.1) is 5.92 Å². The molecule has 0 bridgehead atoms. The molecule has 1 atom stereocenters. The van der Waals surface area contributed by atoms with Crippen molar-refractivity contribution < 1.29 is 9.53 Å². The molecule has 40 heavy (non-hydrogen) atoms. The number of hydrogen-bond acceptors (Lipinski definition) is 7. The Kier molecular flexibility index (Phi) is 8.30. The van der Waals surface area contributed by atoms with Gasteiger partial charge in [-0.1, -0.05) is 32.0 Å². The van der Waals surface area contributed by atoms with Crippen molar-refractivity contribution >= 4 is 22.8 Å². The molecule has 2 aromatic carbocycles. The smallest absolute Gasteiger partial charge is 0.237 e. The molecular weight excluding hydrogens is 502 g/mol. The number of ether oxygens (including phenoxy) is 1. The highest BCUT2D eigenvalue weighted by Crippen LogP contribution is 2.36. The van der Waals surface area contributed by atoms with Crippen molar-refractivity contribution in [3.05, 3.63) is 60.9 Å². The Hall–Kier alpha value is -3.98. The molecule has 0 unspecified atom stereocenters. The van der Waals surface area contributed by atoms with E-state index < -0.39 is 0 Å². The molecule has 0 spiro atoms. The van der Waals surface area contributed by atoms with Gasteiger partial charge in [0.2, 0.25) is 5.91 Å². The molecule has 1 amide bonds. The maximum Gasteiger partial charge on any atom is 0.237 e. The van der Waals surface area contributed by atoms with Gasteiger partial charge in [-0.2, -0.15) is 5.10 Å². The monoisotopic (exact) mass is 541 g/mol. The quantitative estimate of drug-likeness (QED) is 0.290. The molecule has 4 aromatic rings. The number of nitrogen functional groups attached to an aromatic ring is 1. The number of para-hydroxylation sites is 1. The van der Waals surface area contributed by atoms with Crippen LogP contribution >= 0.6 is 0 Å². The molecular formula is C31H39N7O2. The van der Waals surface area contributed by atoms with Crippen molar-refractivity contribution in [3.63, 3.8) is 0 Å². The highest BCUT2D eigenvalue weighted by molar-refractivity contribution is 5.98. The number of nitrogens with one attached hydrogen (secondary N) is 1. The van der Waals surface area contributed by atoms with Gasteiger partial charge in [-0.3, -0.25) is 9.69 Å². The lowest BCUT2D eigenvalue weighted by molar-refractivity contribution is -0.127. The number of nitrogens with zero attached hydrogens (tertiary/aromatic N) is 5. The van der Waals surface area contributed by atoms with Crippen LogP contribution in [0.15, 0.2) is 60.9 Å². The Morgan fingerprint density at radius 1 is 1.02 bits per heavy atom. The zero-order chi connectivity index (χ0) is 28.2. The highest BCUT2D eigenvalue weighted by Gasteiger charge is 2.30. The van der Waals surface area contributed by atoms with Gasteiger partial charge in [0.05, 0.1) is 17.5 Å². The molecule has 0 saturated heterocycles. The Morgan fingerprint density at radius 2 is 1.70 bits per heavy atom. The van der Waals surface area contributed by atoms with Crippen LogP contribution in [-0.4, -0.2) is 56.7 Å². The van der Waals surface area contributed by atoms with Crippen molar-refractivity contribution in [1.29, 1.82) is 0 Å². The van der Waals surface area contributed by atoms with Gasteiger partial charge in [0.1, 0.15) is 29.3 Å². The minimum atomic E-state index is -0.112. The van der Waals surface area contributed by atoms with Gasteiger partial charge in [0, 0.05) is 11.6 Å². The van der Waals surface area contributed by atoms with Gasteiger partial charge in [-0.25, -0.2) is 14.6 Å². The number of aromatic nitrogens is 4. The van der Waals surface area contributed by atoms with Crippen molar-refractivity contribution in [3.8, 4) is 22.8 Å². The van der Waals surface area contributed by atoms with Gasteiger partial charge in [-0.05, 0) is 88.5 Å². The summed E-state index contributed by atoms with van der Waals surface area (Å²) >= 11 is 0. The van der Waals surface area contributed by atoms with Gasteiger partial charge < -0.3 is 15.8 Å². The van der Waals surface area contributed by atoms with E-state index in [1.54, 1.807) is 0 Å². The number of nitrogens with two attached hydrogens (primary N) is 1. The second kappa shape index (κ2) is 12.0. The van der Waals surface area contributed by atoms with Crippen molar-refractivity contribution in [2.24, 2.45) is 5.92 Å². The molecule has 1 saturated carbocycles. The van der Waals surface area contributed by atoms with E-state index in [-0.39, 0.29) is 24.0 Å². The van der Waals surface area contributed by atoms with Crippen molar-refractivity contribution in [2.75, 3.05) is 19.8 Å². The summed E-state index contributed by atoms with van der Waals surface area (Å²) in [6.07, 6.45) is 5.91. The second-order valence-corrected chi connectivity index (χ2v) is 11.3. The summed E-state index contributed by atoms with van der Waals surface area (Å²) in [7, 11) is 3.95. The van der Waals surface area contributed by atoms with Crippen LogP contribution < -0.4 is 15.8 Å². The molecule has 1 aliphatic carbocycles. The number of benzene rings is 2. The second-order valence-electron chi connectivity index (χ2n) is 11.3. The largest absolute Gasteiger partial charge is 0.457 e. The fourth-order valence-electron chi connectivity index (χ4n) is 5.52. The molecule has 1 fully saturated rings. The third kappa shape index (κ3) is 6.09. The van der Waals surface area contributed by atoms with E-state index in [1.165, 1.54) is 6.33 Å². The first kappa shape index (κ1) is 27.6. The number of rotatable bonds is 9. The van der Waals surface area contributed by atoms with Gasteiger partial charge in [0.25, 0.3) is 0 Å². The predicted molar refractivity (Wildman–Crippen MR) is 158 cm³/mol. The van der Waals surface area contributed by atoms with E-state index in [0.29, 0.717) is 11.7 Å². The molecule has 3 N–H and O–H groups in total. The predicted octanol–water partition coefficient (Wildman–Crippen LogP) is 5.44. The van der Waals surface area contributed by atoms with Gasteiger partial charge in [0.15, 0.2) is 5.65 Å². The fraction of sp³-hybridized carbons (Fsp3) is 0.419. The highest BCUT2D eigenvalue weighted by atomic mass is 16.5. The number of likely N-dealkylation sites (N-methyl/N-ethyl adjacent to an activating group) is 1. The third-order valence-electron chi connectivity index (χ3n) is 7.63. The lowest BCUT2D eigenvalue weighted by Crippen LogP contribution is -2.48. The van der Waals surface area contributed by atoms with Crippen LogP contribution in [-0.2, 0) is 4.79 Å². The van der Waals surface area contributed by atoms with E-state index in [4.69, 9.17) is 15.6 Å². The number of hydrogen-bond donors (Lipinski definition) is 2. The van der Waals surface area contributed by atoms with Crippen LogP contribution in [0.5, 0.6) is 11.5 Å². The van der Waals surface area contributed by atoms with Crippen LogP contribution in [0.3, 0.4) is 0 Å². The first-order chi connectivity index (χ1) is 19.3. The maximum absolute atomic E-state index is 13.0. The topological polar surface area (TPSA) is 111 Å². The summed E-state index contributed by atoms with van der Waals surface area (Å²) in [5.41, 5.74) is 8.78. The van der Waals surface area contributed by atoms with Crippen molar-refractivity contribution in [2.45, 2.75) is 64.1 Å². The average Bonchev–Trinajstić information content (AvgIpc) is 3.34. The SMILES string of the molecule is CC(C)C[C@@H](C(=O)N[C@H]1CC[C@H](n2nc(-c3ccc(Oc4ccccc4)cc3)c3c(N)ncnc32)CC1)N(C)C. The number of fused-ring (bicyclic) bond motifs is 1. The molecule has 5 rings (SSSR count). The summed E-state index contributed by atoms with van der Waals surface area (Å²) in [6.45, 7) is 4.31. The number of carbonyl (C=O) groups excluding carboxylic acids is 1. The summed E-state index contributed by atoms with van der Waals surface area (Å²) in [6, 6.07) is 17.8. The molecule has 9 heteroatoms. The first-order valence-corrected chi connectivity index (χ1v) is 14.1. The summed E-state index contributed by atoms with van der Waals surface area (Å²) in [5.74, 6) is 2.52. The van der Waals surface area contributed by atoms with Gasteiger partial charge in [-0.15, -0.1) is 0 Å². The van der Waals surface area contributed by atoms with E-state index in [9.17, 15) is 4.79 Å². The summed E-state index contributed by atoms with van der Waals surface area (Å²) in [4.78, 5) is 23.9. The Bertz CT molecular complexity index is 1430. The fourth-order valence-corrected chi connectivity index (χ4v) is 5.52. The number of anilines is 1. The third-order valence-corrected chi connectivity index (χ3v) is 7.63. The molecule has 9 nitrogen and oxygen atoms in total. The molecule has 2 heterocycles. The Balaban J connectivity index is 1.32. The summed E-state index contributed by atoms with van der Waals surface area (Å²) < 4.78 is 7.97. The zero-order valence-electron chi connectivity index (χ0n) is 23.7. The molecule has 0 radical (unpaired) electrons. The standard InChI is InChI=1S/C31H39N7O2/c1-20(2)18-26(37(3)4)31(39)35-22-12-14-23(15-13-22)38-30-27(29(32)33-19-34-30)28(36-38)21-10-16-25(17-11-21)40-24-8-6-5-7-9-24/h5-11,16-17,19-20,22-23,26H,12-15,18H2,1-4H3,(H,35,39)(H2,32,33,34)/t22-,23-,26-/m0/s1. The van der Waals surface area contributed by atoms with Crippen LogP contribution in [0.1, 0.15) is 52.0 Å². The molecule has 1 aliphatic rings. The summed E-state index contributed by atoms with van der Waals surface area (Å²) in [5, 5.41) is 9.10. The van der Waals surface area contributed by atoms with E-state index >= 15 is 0 Å². The number of amides is 1. The van der Waals surface area contributed by atoms with Crippen LogP contribution in [0.2, 0.25) is 0 Å². The van der Waals surface area contributed by atoms with E-state index in [2.05, 4.69) is 29.1 Å². The Labute approximate surface area is 235 Å². The lowest BCUT2D eigenvalue weighted by atomic mass is 9.90. The Morgan fingerprint density at radius 3 is 2.35 bits per heavy atom. The normalized spacial score (nSPS) is 18.2.